The van der Waals surface area contributed by atoms with Crippen LogP contribution in [-0.4, -0.2) is 40.5 Å². The van der Waals surface area contributed by atoms with Crippen molar-refractivity contribution in [1.29, 1.82) is 0 Å². The molecule has 0 aliphatic carbocycles. The summed E-state index contributed by atoms with van der Waals surface area (Å²) in [6.07, 6.45) is 32.6. The van der Waals surface area contributed by atoms with Gasteiger partial charge in [0.1, 0.15) is 0 Å². The molecule has 0 radical (unpaired) electrons. The smallest absolute Gasteiger partial charge is 0.363 e. The molecular weight excluding hydrogens is 510 g/mol. The summed E-state index contributed by atoms with van der Waals surface area (Å²) >= 11 is 0. The van der Waals surface area contributed by atoms with E-state index in [1.165, 1.54) is 142 Å². The summed E-state index contributed by atoms with van der Waals surface area (Å²) in [5.41, 5.74) is 0. The van der Waals surface area contributed by atoms with Crippen LogP contribution in [0.25, 0.3) is 0 Å². The van der Waals surface area contributed by atoms with Crippen molar-refractivity contribution >= 4 is 17.8 Å². The van der Waals surface area contributed by atoms with Gasteiger partial charge in [-0.1, -0.05) is 168 Å². The minimum absolute atomic E-state index is 0.234. The first-order valence-electron chi connectivity index (χ1n) is 18.0. The third-order valence-corrected chi connectivity index (χ3v) is 9.16. The van der Waals surface area contributed by atoms with Crippen molar-refractivity contribution in [2.24, 2.45) is 0 Å². The molecule has 0 aromatic carbocycles. The number of rotatable bonds is 30. The molecule has 0 saturated heterocycles. The third kappa shape index (κ3) is 20.3. The standard InChI is InChI=1S/C36H69NO4/c1-5-7-9-11-13-15-17-19-21-23-25-27-29-31-34(38)37(4,33(3)36(40)41)35(39)32-30-28-26-24-22-20-18-16-14-12-10-8-6-2/h33H,5-32H2,1-4H3/p+1. The van der Waals surface area contributed by atoms with E-state index in [1.807, 2.05) is 0 Å². The lowest BCUT2D eigenvalue weighted by atomic mass is 10.0. The Bertz CT molecular complexity index is 605. The number of nitrogens with zero attached hydrogens (tertiary/aromatic N) is 1. The number of unbranched alkanes of at least 4 members (excludes halogenated alkanes) is 24. The molecule has 0 fully saturated rings. The van der Waals surface area contributed by atoms with Gasteiger partial charge < -0.3 is 5.11 Å². The molecule has 1 N–H and O–H groups in total. The normalized spacial score (nSPS) is 12.5. The summed E-state index contributed by atoms with van der Waals surface area (Å²) in [4.78, 5) is 38.2. The fourth-order valence-corrected chi connectivity index (χ4v) is 5.84. The van der Waals surface area contributed by atoms with Crippen molar-refractivity contribution in [3.63, 3.8) is 0 Å². The van der Waals surface area contributed by atoms with Crippen LogP contribution in [-0.2, 0) is 14.4 Å². The first-order chi connectivity index (χ1) is 19.8. The molecule has 0 bridgehead atoms. The van der Waals surface area contributed by atoms with Gasteiger partial charge in [0.15, 0.2) is 6.04 Å². The van der Waals surface area contributed by atoms with Crippen molar-refractivity contribution < 1.29 is 24.0 Å². The number of imide groups is 1. The topological polar surface area (TPSA) is 71.4 Å². The number of carboxylic acids is 1. The molecule has 0 aromatic heterocycles. The predicted molar refractivity (Wildman–Crippen MR) is 174 cm³/mol. The maximum absolute atomic E-state index is 13.2. The predicted octanol–water partition coefficient (Wildman–Crippen LogP) is 10.9. The molecule has 0 spiro atoms. The van der Waals surface area contributed by atoms with Gasteiger partial charge in [0.05, 0.1) is 19.9 Å². The van der Waals surface area contributed by atoms with E-state index in [-0.39, 0.29) is 24.7 Å². The largest absolute Gasteiger partial charge is 0.477 e. The summed E-state index contributed by atoms with van der Waals surface area (Å²) < 4.78 is -0.591. The summed E-state index contributed by atoms with van der Waals surface area (Å²) in [5, 5.41) is 9.66. The van der Waals surface area contributed by atoms with E-state index < -0.39 is 16.5 Å². The van der Waals surface area contributed by atoms with Crippen molar-refractivity contribution in [3.8, 4) is 0 Å². The highest BCUT2D eigenvalue weighted by atomic mass is 16.4. The molecular formula is C36H70NO4+. The van der Waals surface area contributed by atoms with Crippen LogP contribution in [0, 0.1) is 0 Å². The van der Waals surface area contributed by atoms with Gasteiger partial charge in [-0.25, -0.2) is 14.4 Å². The van der Waals surface area contributed by atoms with Crippen LogP contribution in [0.1, 0.15) is 201 Å². The first kappa shape index (κ1) is 39.8. The monoisotopic (exact) mass is 581 g/mol. The molecule has 0 saturated carbocycles. The number of aliphatic carboxylic acids is 1. The van der Waals surface area contributed by atoms with E-state index >= 15 is 0 Å². The Hall–Kier alpha value is -1.23. The van der Waals surface area contributed by atoms with E-state index in [2.05, 4.69) is 13.8 Å². The van der Waals surface area contributed by atoms with Crippen LogP contribution >= 0.6 is 0 Å². The zero-order chi connectivity index (χ0) is 30.6. The van der Waals surface area contributed by atoms with Crippen LogP contribution in [0.5, 0.6) is 0 Å². The lowest BCUT2D eigenvalue weighted by Crippen LogP contribution is -2.61. The average molecular weight is 581 g/mol. The number of carbonyl (C=O) groups is 3. The number of carboxylic acid groups (broad SMARTS) is 1. The van der Waals surface area contributed by atoms with Crippen LogP contribution in [0.3, 0.4) is 0 Å². The van der Waals surface area contributed by atoms with Gasteiger partial charge in [-0.15, -0.1) is 0 Å². The second-order valence-corrected chi connectivity index (χ2v) is 12.9. The lowest BCUT2D eigenvalue weighted by molar-refractivity contribution is -0.775. The molecule has 5 heteroatoms. The van der Waals surface area contributed by atoms with Gasteiger partial charge >= 0.3 is 17.8 Å². The molecule has 0 rings (SSSR count). The first-order valence-corrected chi connectivity index (χ1v) is 18.0. The number of likely N-dealkylation sites (N-methyl/N-ethyl adjacent to an activating group) is 1. The highest BCUT2D eigenvalue weighted by molar-refractivity contribution is 5.88. The molecule has 1 atom stereocenters. The number of carbonyl (C=O) groups excluding carboxylic acids is 2. The van der Waals surface area contributed by atoms with Crippen molar-refractivity contribution in [1.82, 2.24) is 0 Å². The van der Waals surface area contributed by atoms with Crippen LogP contribution in [0.2, 0.25) is 0 Å². The highest BCUT2D eigenvalue weighted by Gasteiger charge is 2.47. The fraction of sp³-hybridized carbons (Fsp3) is 0.917. The quantitative estimate of drug-likeness (QED) is 0.0677. The Labute approximate surface area is 255 Å². The van der Waals surface area contributed by atoms with Gasteiger partial charge in [0.2, 0.25) is 0 Å². The van der Waals surface area contributed by atoms with Crippen LogP contribution in [0.15, 0.2) is 0 Å². The van der Waals surface area contributed by atoms with Gasteiger partial charge in [0, 0.05) is 0 Å². The summed E-state index contributed by atoms with van der Waals surface area (Å²) in [6, 6.07) is -1.04. The number of amides is 2. The number of quaternary nitrogens is 1. The average Bonchev–Trinajstić information content (AvgIpc) is 2.96. The van der Waals surface area contributed by atoms with Gasteiger partial charge in [-0.05, 0) is 19.8 Å². The molecule has 0 aliphatic rings. The molecule has 2 amide bonds. The Morgan fingerprint density at radius 3 is 0.902 bits per heavy atom. The maximum Gasteiger partial charge on any atom is 0.363 e. The number of hydrogen-bond donors (Lipinski definition) is 1. The minimum atomic E-state index is -1.08. The zero-order valence-electron chi connectivity index (χ0n) is 28.0. The van der Waals surface area contributed by atoms with Gasteiger partial charge in [-0.3, -0.25) is 0 Å². The molecule has 242 valence electrons. The number of hydrogen-bond acceptors (Lipinski definition) is 3. The summed E-state index contributed by atoms with van der Waals surface area (Å²) in [5.74, 6) is -1.55. The summed E-state index contributed by atoms with van der Waals surface area (Å²) in [7, 11) is 1.54. The molecule has 1 unspecified atom stereocenters. The lowest BCUT2D eigenvalue weighted by Gasteiger charge is -2.32. The van der Waals surface area contributed by atoms with E-state index in [0.29, 0.717) is 0 Å². The maximum atomic E-state index is 13.2. The van der Waals surface area contributed by atoms with Crippen molar-refractivity contribution in [3.05, 3.63) is 0 Å². The fourth-order valence-electron chi connectivity index (χ4n) is 5.84. The van der Waals surface area contributed by atoms with Gasteiger partial charge in [-0.2, -0.15) is 4.48 Å². The van der Waals surface area contributed by atoms with Crippen molar-refractivity contribution in [2.45, 2.75) is 207 Å². The van der Waals surface area contributed by atoms with E-state index in [0.717, 1.165) is 38.5 Å². The third-order valence-electron chi connectivity index (χ3n) is 9.16. The minimum Gasteiger partial charge on any atom is -0.477 e. The Morgan fingerprint density at radius 1 is 0.463 bits per heavy atom. The molecule has 0 aromatic rings. The second-order valence-electron chi connectivity index (χ2n) is 12.9. The van der Waals surface area contributed by atoms with Crippen LogP contribution < -0.4 is 0 Å². The zero-order valence-corrected chi connectivity index (χ0v) is 28.0. The molecule has 0 aliphatic heterocycles. The van der Waals surface area contributed by atoms with E-state index in [1.54, 1.807) is 0 Å². The van der Waals surface area contributed by atoms with Crippen LogP contribution in [0.4, 0.5) is 0 Å². The van der Waals surface area contributed by atoms with Crippen molar-refractivity contribution in [2.75, 3.05) is 7.05 Å². The van der Waals surface area contributed by atoms with E-state index in [4.69, 9.17) is 0 Å². The molecule has 41 heavy (non-hydrogen) atoms. The second kappa shape index (κ2) is 27.6. The Balaban J connectivity index is 4.13. The van der Waals surface area contributed by atoms with E-state index in [9.17, 15) is 19.5 Å². The molecule has 0 heterocycles. The Morgan fingerprint density at radius 2 is 0.683 bits per heavy atom. The highest BCUT2D eigenvalue weighted by Crippen LogP contribution is 2.21. The summed E-state index contributed by atoms with van der Waals surface area (Å²) in [6.45, 7) is 6.02. The van der Waals surface area contributed by atoms with Gasteiger partial charge in [0.25, 0.3) is 0 Å². The molecule has 5 nitrogen and oxygen atoms in total. The Kier molecular flexibility index (Phi) is 26.8. The SMILES string of the molecule is CCCCCCCCCCCCCCCC(=O)[N+](C)(C(=O)CCCCCCCCCCCCCCC)C(C)C(=O)O.